The zero-order valence-corrected chi connectivity index (χ0v) is 19.7. The first kappa shape index (κ1) is 23.2. The van der Waals surface area contributed by atoms with E-state index in [0.717, 1.165) is 48.4 Å². The summed E-state index contributed by atoms with van der Waals surface area (Å²) in [6.07, 6.45) is 8.25. The number of benzene rings is 1. The first-order chi connectivity index (χ1) is 16.9. The second-order valence-corrected chi connectivity index (χ2v) is 9.49. The number of fused-ring (bicyclic) bond motifs is 1. The molecule has 35 heavy (non-hydrogen) atoms. The van der Waals surface area contributed by atoms with Crippen molar-refractivity contribution in [2.45, 2.75) is 63.2 Å². The van der Waals surface area contributed by atoms with Crippen molar-refractivity contribution in [1.82, 2.24) is 20.5 Å². The molecular weight excluding hydrogens is 446 g/mol. The minimum atomic E-state index is -0.958. The average molecular weight is 476 g/mol. The summed E-state index contributed by atoms with van der Waals surface area (Å²) in [5, 5.41) is 5.91. The molecule has 0 radical (unpaired) electrons. The lowest BCUT2D eigenvalue weighted by atomic mass is 9.88. The summed E-state index contributed by atoms with van der Waals surface area (Å²) in [7, 11) is 2.02. The summed E-state index contributed by atoms with van der Waals surface area (Å²) < 4.78 is 0. The highest BCUT2D eigenvalue weighted by Crippen LogP contribution is 2.33. The Morgan fingerprint density at radius 3 is 2.63 bits per heavy atom. The zero-order chi connectivity index (χ0) is 24.5. The molecule has 1 saturated heterocycles. The van der Waals surface area contributed by atoms with Crippen molar-refractivity contribution in [1.29, 1.82) is 0 Å². The molecule has 0 spiro atoms. The Balaban J connectivity index is 1.34. The number of amides is 4. The number of carbonyl (C=O) groups is 4. The third kappa shape index (κ3) is 4.43. The number of piperidine rings is 1. The van der Waals surface area contributed by atoms with Gasteiger partial charge < -0.3 is 10.2 Å². The van der Waals surface area contributed by atoms with E-state index in [1.165, 1.54) is 0 Å². The molecule has 1 aromatic carbocycles. The number of anilines is 1. The predicted molar refractivity (Wildman–Crippen MR) is 129 cm³/mol. The number of rotatable bonds is 6. The fourth-order valence-corrected chi connectivity index (χ4v) is 5.43. The molecule has 1 saturated carbocycles. The lowest BCUT2D eigenvalue weighted by Gasteiger charge is -2.40. The molecule has 3 heterocycles. The summed E-state index contributed by atoms with van der Waals surface area (Å²) in [4.78, 5) is 57.4. The van der Waals surface area contributed by atoms with Crippen LogP contribution in [0.5, 0.6) is 0 Å². The van der Waals surface area contributed by atoms with Crippen LogP contribution in [0.4, 0.5) is 5.69 Å². The van der Waals surface area contributed by atoms with Crippen molar-refractivity contribution in [3.63, 3.8) is 0 Å². The highest BCUT2D eigenvalue weighted by Gasteiger charge is 2.45. The van der Waals surface area contributed by atoms with Gasteiger partial charge in [-0.05, 0) is 49.1 Å². The van der Waals surface area contributed by atoms with E-state index in [1.807, 2.05) is 25.4 Å². The largest absolute Gasteiger partial charge is 0.370 e. The maximum atomic E-state index is 13.2. The molecule has 1 aliphatic carbocycles. The third-order valence-corrected chi connectivity index (χ3v) is 7.35. The van der Waals surface area contributed by atoms with Crippen LogP contribution in [0.3, 0.4) is 0 Å². The summed E-state index contributed by atoms with van der Waals surface area (Å²) in [6, 6.07) is 8.84. The molecule has 2 N–H and O–H groups in total. The first-order valence-corrected chi connectivity index (χ1v) is 12.1. The molecule has 1 aromatic heterocycles. The molecule has 2 aliphatic heterocycles. The minimum absolute atomic E-state index is 0.104. The van der Waals surface area contributed by atoms with E-state index in [4.69, 9.17) is 0 Å². The van der Waals surface area contributed by atoms with E-state index in [-0.39, 0.29) is 30.8 Å². The monoisotopic (exact) mass is 475 g/mol. The number of pyridine rings is 1. The summed E-state index contributed by atoms with van der Waals surface area (Å²) in [5.41, 5.74) is 2.59. The molecule has 3 atom stereocenters. The summed E-state index contributed by atoms with van der Waals surface area (Å²) in [6.45, 7) is 0.737. The molecule has 9 nitrogen and oxygen atoms in total. The predicted octanol–water partition coefficient (Wildman–Crippen LogP) is 2.02. The van der Waals surface area contributed by atoms with Gasteiger partial charge in [-0.2, -0.15) is 0 Å². The number of likely N-dealkylation sites (N-methyl/N-ethyl adjacent to an activating group) is 1. The Morgan fingerprint density at radius 1 is 1.06 bits per heavy atom. The SMILES string of the molecule is CN(c1ccc2c(c1)C(=O)N(C1CCC(=O)NC1=O)C2=O)[C@H]1CCCC[C@H]1NCc1cccnc1. The van der Waals surface area contributed by atoms with Gasteiger partial charge in [-0.1, -0.05) is 18.9 Å². The van der Waals surface area contributed by atoms with Gasteiger partial charge in [0, 0.05) is 50.2 Å². The quantitative estimate of drug-likeness (QED) is 0.615. The van der Waals surface area contributed by atoms with Gasteiger partial charge in [-0.25, -0.2) is 0 Å². The van der Waals surface area contributed by atoms with Gasteiger partial charge in [-0.15, -0.1) is 0 Å². The summed E-state index contributed by atoms with van der Waals surface area (Å²) in [5.74, 6) is -1.95. The van der Waals surface area contributed by atoms with Crippen LogP contribution < -0.4 is 15.5 Å². The molecule has 3 aliphatic rings. The maximum Gasteiger partial charge on any atom is 0.262 e. The molecule has 182 valence electrons. The molecular formula is C26H29N5O4. The topological polar surface area (TPSA) is 112 Å². The van der Waals surface area contributed by atoms with E-state index < -0.39 is 23.8 Å². The molecule has 2 aromatic rings. The molecule has 4 amide bonds. The third-order valence-electron chi connectivity index (χ3n) is 7.35. The fraction of sp³-hybridized carbons (Fsp3) is 0.423. The smallest absolute Gasteiger partial charge is 0.262 e. The van der Waals surface area contributed by atoms with Gasteiger partial charge in [0.2, 0.25) is 11.8 Å². The number of aromatic nitrogens is 1. The van der Waals surface area contributed by atoms with E-state index >= 15 is 0 Å². The number of imide groups is 2. The van der Waals surface area contributed by atoms with E-state index in [9.17, 15) is 19.2 Å². The Bertz CT molecular complexity index is 1170. The van der Waals surface area contributed by atoms with Crippen LogP contribution in [0.15, 0.2) is 42.7 Å². The van der Waals surface area contributed by atoms with Crippen LogP contribution in [-0.2, 0) is 16.1 Å². The standard InChI is InChI=1S/C26H29N5O4/c1-30(21-7-3-2-6-20(21)28-15-16-5-4-12-27-14-16)17-8-9-18-19(13-17)26(35)31(25(18)34)22-10-11-23(32)29-24(22)33/h4-5,8-9,12-14,20-22,28H,2-3,6-7,10-11,15H2,1H3,(H,29,32,33)/t20-,21+,22?/m1/s1. The highest BCUT2D eigenvalue weighted by atomic mass is 16.2. The second-order valence-electron chi connectivity index (χ2n) is 9.49. The van der Waals surface area contributed by atoms with Gasteiger partial charge in [0.25, 0.3) is 11.8 Å². The van der Waals surface area contributed by atoms with Crippen LogP contribution in [0.1, 0.15) is 64.8 Å². The Kier molecular flexibility index (Phi) is 6.34. The lowest BCUT2D eigenvalue weighted by molar-refractivity contribution is -0.136. The van der Waals surface area contributed by atoms with Gasteiger partial charge in [0.05, 0.1) is 11.1 Å². The highest BCUT2D eigenvalue weighted by molar-refractivity contribution is 6.23. The van der Waals surface area contributed by atoms with Crippen molar-refractivity contribution in [2.24, 2.45) is 0 Å². The zero-order valence-electron chi connectivity index (χ0n) is 19.7. The Labute approximate surface area is 203 Å². The van der Waals surface area contributed by atoms with Crippen molar-refractivity contribution >= 4 is 29.3 Å². The molecule has 0 bridgehead atoms. The van der Waals surface area contributed by atoms with Gasteiger partial charge in [-0.3, -0.25) is 34.4 Å². The van der Waals surface area contributed by atoms with E-state index in [1.54, 1.807) is 18.3 Å². The van der Waals surface area contributed by atoms with Crippen molar-refractivity contribution in [3.8, 4) is 0 Å². The van der Waals surface area contributed by atoms with E-state index in [2.05, 4.69) is 26.6 Å². The van der Waals surface area contributed by atoms with E-state index in [0.29, 0.717) is 11.1 Å². The van der Waals surface area contributed by atoms with Gasteiger partial charge >= 0.3 is 0 Å². The van der Waals surface area contributed by atoms with Crippen LogP contribution in [0, 0.1) is 0 Å². The van der Waals surface area contributed by atoms with Crippen molar-refractivity contribution in [3.05, 3.63) is 59.4 Å². The number of carbonyl (C=O) groups excluding carboxylic acids is 4. The molecule has 9 heteroatoms. The van der Waals surface area contributed by atoms with Crippen LogP contribution in [0.2, 0.25) is 0 Å². The second kappa shape index (κ2) is 9.58. The van der Waals surface area contributed by atoms with Crippen molar-refractivity contribution in [2.75, 3.05) is 11.9 Å². The average Bonchev–Trinajstić information content (AvgIpc) is 3.12. The van der Waals surface area contributed by atoms with Crippen LogP contribution in [0.25, 0.3) is 0 Å². The normalized spacial score (nSPS) is 24.4. The van der Waals surface area contributed by atoms with Crippen LogP contribution >= 0.6 is 0 Å². The van der Waals surface area contributed by atoms with Gasteiger partial charge in [0.1, 0.15) is 6.04 Å². The van der Waals surface area contributed by atoms with Crippen LogP contribution in [-0.4, -0.2) is 58.7 Å². The number of nitrogens with one attached hydrogen (secondary N) is 2. The first-order valence-electron chi connectivity index (χ1n) is 12.1. The summed E-state index contributed by atoms with van der Waals surface area (Å²) >= 11 is 0. The fourth-order valence-electron chi connectivity index (χ4n) is 5.43. The number of nitrogens with zero attached hydrogens (tertiary/aromatic N) is 3. The van der Waals surface area contributed by atoms with Crippen molar-refractivity contribution < 1.29 is 19.2 Å². The molecule has 1 unspecified atom stereocenters. The Hall–Kier alpha value is -3.59. The minimum Gasteiger partial charge on any atom is -0.370 e. The maximum absolute atomic E-state index is 13.2. The number of hydrogen-bond acceptors (Lipinski definition) is 7. The number of hydrogen-bond donors (Lipinski definition) is 2. The molecule has 5 rings (SSSR count). The lowest BCUT2D eigenvalue weighted by Crippen LogP contribution is -2.54. The Morgan fingerprint density at radius 2 is 1.86 bits per heavy atom. The molecule has 2 fully saturated rings. The van der Waals surface area contributed by atoms with Gasteiger partial charge in [0.15, 0.2) is 0 Å².